The number of hydrogen-bond donors (Lipinski definition) is 0. The summed E-state index contributed by atoms with van der Waals surface area (Å²) in [5.74, 6) is -3.51. The first-order valence-corrected chi connectivity index (χ1v) is 14.2. The smallest absolute Gasteiger partial charge is 0.411 e. The second-order valence-electron chi connectivity index (χ2n) is 10.5. The molecule has 2 aliphatic rings. The van der Waals surface area contributed by atoms with E-state index in [-0.39, 0.29) is 19.4 Å². The van der Waals surface area contributed by atoms with Gasteiger partial charge in [-0.05, 0) is 57.0 Å². The van der Waals surface area contributed by atoms with Gasteiger partial charge in [-0.1, -0.05) is 24.3 Å². The van der Waals surface area contributed by atoms with Crippen LogP contribution >= 0.6 is 7.60 Å². The standard InChI is InChI=1S/C27H33N2O9P/c1-27(2,3)38-26(33)29-20(25(32)35-4)15-17(24(29)39(34,36-5)37-6)13-14-28-22(30)18-11-7-9-16-10-8-12-19(21(16)18)23(28)31/h7-12,17,20,24H,13-15H2,1-6H3/t17-,20+,24+/m1/s1. The van der Waals surface area contributed by atoms with Gasteiger partial charge in [-0.3, -0.25) is 24.0 Å². The van der Waals surface area contributed by atoms with Crippen molar-refractivity contribution in [2.24, 2.45) is 5.92 Å². The molecule has 0 N–H and O–H groups in total. The van der Waals surface area contributed by atoms with Crippen LogP contribution in [0.3, 0.4) is 0 Å². The molecule has 2 heterocycles. The number of likely N-dealkylation sites (tertiary alicyclic amines) is 1. The fourth-order valence-corrected chi connectivity index (χ4v) is 7.30. The third-order valence-corrected chi connectivity index (χ3v) is 9.39. The average molecular weight is 561 g/mol. The summed E-state index contributed by atoms with van der Waals surface area (Å²) in [6.45, 7) is 4.95. The summed E-state index contributed by atoms with van der Waals surface area (Å²) in [5.41, 5.74) is -0.0909. The first-order chi connectivity index (χ1) is 18.4. The SMILES string of the molecule is COC(=O)[C@@H]1C[C@@H](CCN2C(=O)c3cccc4cccc(c34)C2=O)[C@H](P(=O)(OC)OC)N1C(=O)OC(C)(C)C. The van der Waals surface area contributed by atoms with E-state index < -0.39 is 54.8 Å². The van der Waals surface area contributed by atoms with E-state index in [1.165, 1.54) is 21.3 Å². The predicted octanol–water partition coefficient (Wildman–Crippen LogP) is 4.44. The highest BCUT2D eigenvalue weighted by atomic mass is 31.2. The largest absolute Gasteiger partial charge is 0.467 e. The zero-order valence-electron chi connectivity index (χ0n) is 22.8. The van der Waals surface area contributed by atoms with E-state index in [1.807, 2.05) is 12.1 Å². The van der Waals surface area contributed by atoms with Gasteiger partial charge in [-0.25, -0.2) is 9.59 Å². The molecule has 3 amide bonds. The van der Waals surface area contributed by atoms with E-state index in [0.29, 0.717) is 16.5 Å². The van der Waals surface area contributed by atoms with E-state index >= 15 is 0 Å². The Hall–Kier alpha value is -3.27. The Balaban J connectivity index is 1.68. The van der Waals surface area contributed by atoms with Gasteiger partial charge in [-0.15, -0.1) is 0 Å². The lowest BCUT2D eigenvalue weighted by Gasteiger charge is -2.35. The summed E-state index contributed by atoms with van der Waals surface area (Å²) in [4.78, 5) is 55.1. The van der Waals surface area contributed by atoms with Crippen molar-refractivity contribution < 1.29 is 42.3 Å². The number of amides is 3. The molecule has 0 saturated carbocycles. The topological polar surface area (TPSA) is 129 Å². The summed E-state index contributed by atoms with van der Waals surface area (Å²) in [6.07, 6.45) is -0.732. The number of imide groups is 1. The number of carbonyl (C=O) groups is 4. The summed E-state index contributed by atoms with van der Waals surface area (Å²) in [7, 11) is -0.441. The van der Waals surface area contributed by atoms with Gasteiger partial charge in [0, 0.05) is 37.3 Å². The minimum atomic E-state index is -4.01. The maximum atomic E-state index is 13.8. The van der Waals surface area contributed by atoms with Crippen LogP contribution in [0.25, 0.3) is 10.8 Å². The molecular weight excluding hydrogens is 527 g/mol. The molecule has 39 heavy (non-hydrogen) atoms. The first-order valence-electron chi connectivity index (χ1n) is 12.5. The van der Waals surface area contributed by atoms with Crippen molar-refractivity contribution in [1.29, 1.82) is 0 Å². The van der Waals surface area contributed by atoms with Crippen molar-refractivity contribution in [3.05, 3.63) is 47.5 Å². The van der Waals surface area contributed by atoms with Crippen molar-refractivity contribution >= 4 is 42.2 Å². The fourth-order valence-electron chi connectivity index (χ4n) is 5.38. The minimum absolute atomic E-state index is 0.0374. The third-order valence-electron chi connectivity index (χ3n) is 7.06. The third kappa shape index (κ3) is 5.18. The molecule has 0 radical (unpaired) electrons. The van der Waals surface area contributed by atoms with Crippen LogP contribution in [0.2, 0.25) is 0 Å². The van der Waals surface area contributed by atoms with Crippen LogP contribution in [0.1, 0.15) is 54.3 Å². The molecular formula is C27H33N2O9P. The van der Waals surface area contributed by atoms with E-state index in [2.05, 4.69) is 0 Å². The number of benzene rings is 2. The second kappa shape index (κ2) is 10.7. The molecule has 210 valence electrons. The molecule has 0 spiro atoms. The van der Waals surface area contributed by atoms with Gasteiger partial charge in [-0.2, -0.15) is 0 Å². The number of methoxy groups -OCH3 is 1. The van der Waals surface area contributed by atoms with Crippen molar-refractivity contribution in [1.82, 2.24) is 9.80 Å². The number of carbonyl (C=O) groups excluding carboxylic acids is 4. The molecule has 3 atom stereocenters. The molecule has 0 aliphatic carbocycles. The molecule has 12 heteroatoms. The second-order valence-corrected chi connectivity index (χ2v) is 12.8. The highest BCUT2D eigenvalue weighted by Gasteiger charge is 2.57. The zero-order valence-corrected chi connectivity index (χ0v) is 23.7. The van der Waals surface area contributed by atoms with Crippen molar-refractivity contribution in [2.45, 2.75) is 51.0 Å². The number of esters is 1. The molecule has 11 nitrogen and oxygen atoms in total. The van der Waals surface area contributed by atoms with Crippen LogP contribution < -0.4 is 0 Å². The Bertz CT molecular complexity index is 1310. The number of hydrogen-bond acceptors (Lipinski definition) is 9. The lowest BCUT2D eigenvalue weighted by atomic mass is 9.93. The van der Waals surface area contributed by atoms with Crippen LogP contribution in [0.5, 0.6) is 0 Å². The predicted molar refractivity (Wildman–Crippen MR) is 141 cm³/mol. The first kappa shape index (κ1) is 28.7. The molecule has 1 fully saturated rings. The Labute approximate surface area is 226 Å². The van der Waals surface area contributed by atoms with Gasteiger partial charge in [0.15, 0.2) is 0 Å². The monoisotopic (exact) mass is 560 g/mol. The zero-order chi connectivity index (χ0) is 28.7. The Morgan fingerprint density at radius 3 is 2.03 bits per heavy atom. The van der Waals surface area contributed by atoms with E-state index in [0.717, 1.165) is 15.2 Å². The fraction of sp³-hybridized carbons (Fsp3) is 0.481. The Kier molecular flexibility index (Phi) is 7.89. The normalized spacial score (nSPS) is 21.4. The summed E-state index contributed by atoms with van der Waals surface area (Å²) in [5, 5.41) is 1.40. The maximum absolute atomic E-state index is 13.8. The Morgan fingerprint density at radius 2 is 1.54 bits per heavy atom. The van der Waals surface area contributed by atoms with Crippen molar-refractivity contribution in [3.63, 3.8) is 0 Å². The highest BCUT2D eigenvalue weighted by molar-refractivity contribution is 7.54. The molecule has 4 rings (SSSR count). The number of nitrogens with zero attached hydrogens (tertiary/aromatic N) is 2. The van der Waals surface area contributed by atoms with E-state index in [1.54, 1.807) is 45.0 Å². The van der Waals surface area contributed by atoms with Gasteiger partial charge in [0.25, 0.3) is 11.8 Å². The van der Waals surface area contributed by atoms with Crippen molar-refractivity contribution in [3.8, 4) is 0 Å². The molecule has 2 aromatic rings. The number of ether oxygens (including phenoxy) is 2. The van der Waals surface area contributed by atoms with Gasteiger partial charge in [0.2, 0.25) is 0 Å². The highest BCUT2D eigenvalue weighted by Crippen LogP contribution is 2.60. The molecule has 0 unspecified atom stereocenters. The summed E-state index contributed by atoms with van der Waals surface area (Å²) in [6, 6.07) is 9.41. The van der Waals surface area contributed by atoms with Crippen LogP contribution in [-0.2, 0) is 27.9 Å². The van der Waals surface area contributed by atoms with Crippen molar-refractivity contribution in [2.75, 3.05) is 27.9 Å². The van der Waals surface area contributed by atoms with Crippen LogP contribution in [0.15, 0.2) is 36.4 Å². The van der Waals surface area contributed by atoms with Gasteiger partial charge in [0.05, 0.1) is 7.11 Å². The molecule has 1 saturated heterocycles. The Morgan fingerprint density at radius 1 is 0.974 bits per heavy atom. The van der Waals surface area contributed by atoms with Gasteiger partial charge in [0.1, 0.15) is 17.4 Å². The molecule has 0 aromatic heterocycles. The maximum Gasteiger partial charge on any atom is 0.411 e. The lowest BCUT2D eigenvalue weighted by Crippen LogP contribution is -2.48. The van der Waals surface area contributed by atoms with Crippen LogP contribution in [-0.4, -0.2) is 79.0 Å². The van der Waals surface area contributed by atoms with E-state index in [4.69, 9.17) is 18.5 Å². The van der Waals surface area contributed by atoms with Gasteiger partial charge < -0.3 is 18.5 Å². The molecule has 0 bridgehead atoms. The molecule has 2 aliphatic heterocycles. The lowest BCUT2D eigenvalue weighted by molar-refractivity contribution is -0.145. The summed E-state index contributed by atoms with van der Waals surface area (Å²) >= 11 is 0. The average Bonchev–Trinajstić information content (AvgIpc) is 3.30. The number of rotatable bonds is 7. The quantitative estimate of drug-likeness (QED) is 0.274. The summed E-state index contributed by atoms with van der Waals surface area (Å²) < 4.78 is 34.8. The van der Waals surface area contributed by atoms with Crippen LogP contribution in [0, 0.1) is 5.92 Å². The van der Waals surface area contributed by atoms with E-state index in [9.17, 15) is 23.7 Å². The minimum Gasteiger partial charge on any atom is -0.467 e. The molecule has 2 aromatic carbocycles. The van der Waals surface area contributed by atoms with Crippen LogP contribution in [0.4, 0.5) is 4.79 Å². The van der Waals surface area contributed by atoms with Gasteiger partial charge >= 0.3 is 19.7 Å².